The van der Waals surface area contributed by atoms with Crippen LogP contribution in [0.4, 0.5) is 11.5 Å². The molecule has 1 aromatic carbocycles. The van der Waals surface area contributed by atoms with Crippen LogP contribution in [0.3, 0.4) is 0 Å². The van der Waals surface area contributed by atoms with Gasteiger partial charge in [0.1, 0.15) is 29.4 Å². The lowest BCUT2D eigenvalue weighted by Gasteiger charge is -2.09. The maximum atomic E-state index is 11.5. The van der Waals surface area contributed by atoms with Crippen LogP contribution in [0, 0.1) is 10.1 Å². The second kappa shape index (κ2) is 6.93. The van der Waals surface area contributed by atoms with E-state index in [9.17, 15) is 14.9 Å². The number of nitrogens with zero attached hydrogens (tertiary/aromatic N) is 3. The Hall–Kier alpha value is -3.53. The van der Waals surface area contributed by atoms with E-state index in [1.165, 1.54) is 37.7 Å². The predicted molar refractivity (Wildman–Crippen MR) is 87.6 cm³/mol. The van der Waals surface area contributed by atoms with E-state index in [1.54, 1.807) is 6.07 Å². The standard InChI is InChI=1S/C15H13N5O5/c1-24-8-14(21)18-13-6-9(4-5-16-13)25-12-3-2-11(20(22)23)15-10(12)7-17-19-15/h2-7H,8H2,1H3,(H,17,19)(H,16,18,21). The Morgan fingerprint density at radius 2 is 2.24 bits per heavy atom. The van der Waals surface area contributed by atoms with E-state index in [0.717, 1.165) is 0 Å². The molecule has 0 aliphatic heterocycles. The fourth-order valence-electron chi connectivity index (χ4n) is 2.22. The van der Waals surface area contributed by atoms with Gasteiger partial charge in [-0.2, -0.15) is 5.10 Å². The van der Waals surface area contributed by atoms with Gasteiger partial charge in [0.05, 0.1) is 16.5 Å². The zero-order chi connectivity index (χ0) is 17.8. The molecule has 0 spiro atoms. The second-order valence-corrected chi connectivity index (χ2v) is 4.96. The summed E-state index contributed by atoms with van der Waals surface area (Å²) in [7, 11) is 1.41. The normalized spacial score (nSPS) is 10.6. The van der Waals surface area contributed by atoms with Crippen LogP contribution in [-0.2, 0) is 9.53 Å². The number of ether oxygens (including phenoxy) is 2. The fraction of sp³-hybridized carbons (Fsp3) is 0.133. The van der Waals surface area contributed by atoms with Crippen LogP contribution < -0.4 is 10.1 Å². The second-order valence-electron chi connectivity index (χ2n) is 4.96. The molecule has 128 valence electrons. The molecule has 0 bridgehead atoms. The molecular formula is C15H13N5O5. The van der Waals surface area contributed by atoms with Crippen LogP contribution >= 0.6 is 0 Å². The molecule has 1 amide bonds. The van der Waals surface area contributed by atoms with Crippen LogP contribution in [0.1, 0.15) is 0 Å². The summed E-state index contributed by atoms with van der Waals surface area (Å²) < 4.78 is 10.5. The van der Waals surface area contributed by atoms with Crippen molar-refractivity contribution in [1.29, 1.82) is 0 Å². The van der Waals surface area contributed by atoms with E-state index < -0.39 is 4.92 Å². The first-order valence-corrected chi connectivity index (χ1v) is 7.11. The van der Waals surface area contributed by atoms with Gasteiger partial charge in [-0.05, 0) is 12.1 Å². The van der Waals surface area contributed by atoms with Crippen LogP contribution in [0.25, 0.3) is 10.9 Å². The zero-order valence-corrected chi connectivity index (χ0v) is 13.1. The molecule has 0 aliphatic carbocycles. The molecule has 0 radical (unpaired) electrons. The summed E-state index contributed by atoms with van der Waals surface area (Å²) in [6.07, 6.45) is 2.91. The molecule has 10 heteroatoms. The summed E-state index contributed by atoms with van der Waals surface area (Å²) in [5.41, 5.74) is 0.173. The summed E-state index contributed by atoms with van der Waals surface area (Å²) in [5.74, 6) is 0.735. The number of amides is 1. The number of aromatic nitrogens is 3. The van der Waals surface area contributed by atoms with Gasteiger partial charge >= 0.3 is 0 Å². The van der Waals surface area contributed by atoms with Crippen molar-refractivity contribution in [2.24, 2.45) is 0 Å². The Labute approximate surface area is 140 Å². The number of fused-ring (bicyclic) bond motifs is 1. The Bertz CT molecular complexity index is 939. The Morgan fingerprint density at radius 3 is 3.00 bits per heavy atom. The average Bonchev–Trinajstić information content (AvgIpc) is 3.05. The summed E-state index contributed by atoms with van der Waals surface area (Å²) in [6, 6.07) is 5.94. The highest BCUT2D eigenvalue weighted by Crippen LogP contribution is 2.34. The number of carbonyl (C=O) groups excluding carboxylic acids is 1. The third-order valence-corrected chi connectivity index (χ3v) is 3.25. The number of nitrogens with one attached hydrogen (secondary N) is 2. The number of anilines is 1. The number of rotatable bonds is 6. The summed E-state index contributed by atoms with van der Waals surface area (Å²) >= 11 is 0. The highest BCUT2D eigenvalue weighted by atomic mass is 16.6. The Kier molecular flexibility index (Phi) is 4.53. The van der Waals surface area contributed by atoms with E-state index >= 15 is 0 Å². The smallest absolute Gasteiger partial charge is 0.295 e. The number of H-pyrrole nitrogens is 1. The van der Waals surface area contributed by atoms with Gasteiger partial charge in [-0.1, -0.05) is 0 Å². The largest absolute Gasteiger partial charge is 0.456 e. The first-order chi connectivity index (χ1) is 12.1. The number of hydrogen-bond acceptors (Lipinski definition) is 7. The van der Waals surface area contributed by atoms with E-state index in [0.29, 0.717) is 22.7 Å². The third-order valence-electron chi connectivity index (χ3n) is 3.25. The predicted octanol–water partition coefficient (Wildman–Crippen LogP) is 2.24. The van der Waals surface area contributed by atoms with E-state index in [-0.39, 0.29) is 23.7 Å². The number of aromatic amines is 1. The SMILES string of the molecule is COCC(=O)Nc1cc(Oc2ccc([N+](=O)[O-])c3[nH]ncc23)ccn1. The number of nitro groups is 1. The molecule has 0 unspecified atom stereocenters. The first kappa shape index (κ1) is 16.3. The minimum absolute atomic E-state index is 0.0925. The molecule has 2 N–H and O–H groups in total. The van der Waals surface area contributed by atoms with Crippen LogP contribution in [0.5, 0.6) is 11.5 Å². The minimum Gasteiger partial charge on any atom is -0.456 e. The number of benzene rings is 1. The van der Waals surface area contributed by atoms with Crippen molar-refractivity contribution in [2.75, 3.05) is 19.0 Å². The lowest BCUT2D eigenvalue weighted by atomic mass is 10.2. The molecule has 2 aromatic heterocycles. The summed E-state index contributed by atoms with van der Waals surface area (Å²) in [4.78, 5) is 26.1. The number of nitro benzene ring substituents is 1. The average molecular weight is 343 g/mol. The molecule has 2 heterocycles. The van der Waals surface area contributed by atoms with E-state index in [4.69, 9.17) is 9.47 Å². The molecule has 0 fully saturated rings. The zero-order valence-electron chi connectivity index (χ0n) is 13.1. The molecule has 0 atom stereocenters. The fourth-order valence-corrected chi connectivity index (χ4v) is 2.22. The van der Waals surface area contributed by atoms with Gasteiger partial charge in [-0.25, -0.2) is 4.98 Å². The topological polar surface area (TPSA) is 132 Å². The molecule has 25 heavy (non-hydrogen) atoms. The van der Waals surface area contributed by atoms with Crippen molar-refractivity contribution in [3.8, 4) is 11.5 Å². The van der Waals surface area contributed by atoms with Gasteiger partial charge in [-0.15, -0.1) is 0 Å². The van der Waals surface area contributed by atoms with Crippen LogP contribution in [0.15, 0.2) is 36.7 Å². The minimum atomic E-state index is -0.500. The van der Waals surface area contributed by atoms with Gasteiger partial charge in [0.2, 0.25) is 0 Å². The van der Waals surface area contributed by atoms with Crippen molar-refractivity contribution >= 4 is 28.3 Å². The Balaban J connectivity index is 1.87. The molecular weight excluding hydrogens is 330 g/mol. The molecule has 0 aliphatic rings. The van der Waals surface area contributed by atoms with Gasteiger partial charge in [-0.3, -0.25) is 20.0 Å². The van der Waals surface area contributed by atoms with Crippen molar-refractivity contribution in [2.45, 2.75) is 0 Å². The molecule has 10 nitrogen and oxygen atoms in total. The summed E-state index contributed by atoms with van der Waals surface area (Å²) in [5, 5.41) is 20.5. The third kappa shape index (κ3) is 3.53. The molecule has 3 aromatic rings. The van der Waals surface area contributed by atoms with Crippen molar-refractivity contribution in [3.05, 3.63) is 46.8 Å². The quantitative estimate of drug-likeness (QED) is 0.518. The highest BCUT2D eigenvalue weighted by molar-refractivity contribution is 5.92. The first-order valence-electron chi connectivity index (χ1n) is 7.11. The van der Waals surface area contributed by atoms with E-state index in [1.807, 2.05) is 0 Å². The van der Waals surface area contributed by atoms with Gasteiger partial charge < -0.3 is 14.8 Å². The van der Waals surface area contributed by atoms with Crippen LogP contribution in [0.2, 0.25) is 0 Å². The summed E-state index contributed by atoms with van der Waals surface area (Å²) in [6.45, 7) is -0.0925. The number of non-ortho nitro benzene ring substituents is 1. The monoisotopic (exact) mass is 343 g/mol. The number of methoxy groups -OCH3 is 1. The number of carbonyl (C=O) groups is 1. The maximum Gasteiger partial charge on any atom is 0.295 e. The van der Waals surface area contributed by atoms with Gasteiger partial charge in [0, 0.05) is 25.4 Å². The molecule has 0 saturated heterocycles. The van der Waals surface area contributed by atoms with Crippen molar-refractivity contribution in [3.63, 3.8) is 0 Å². The Morgan fingerprint density at radius 1 is 1.40 bits per heavy atom. The lowest BCUT2D eigenvalue weighted by Crippen LogP contribution is -2.17. The van der Waals surface area contributed by atoms with Crippen molar-refractivity contribution < 1.29 is 19.2 Å². The van der Waals surface area contributed by atoms with Gasteiger partial charge in [0.15, 0.2) is 0 Å². The highest BCUT2D eigenvalue weighted by Gasteiger charge is 2.17. The lowest BCUT2D eigenvalue weighted by molar-refractivity contribution is -0.383. The molecule has 0 saturated carbocycles. The number of hydrogen-bond donors (Lipinski definition) is 2. The van der Waals surface area contributed by atoms with Crippen LogP contribution in [-0.4, -0.2) is 39.7 Å². The van der Waals surface area contributed by atoms with E-state index in [2.05, 4.69) is 20.5 Å². The van der Waals surface area contributed by atoms with Crippen molar-refractivity contribution in [1.82, 2.24) is 15.2 Å². The van der Waals surface area contributed by atoms with Gasteiger partial charge in [0.25, 0.3) is 11.6 Å². The number of pyridine rings is 1. The molecule has 3 rings (SSSR count). The maximum absolute atomic E-state index is 11.5.